The lowest BCUT2D eigenvalue weighted by atomic mass is 10.0. The molecule has 0 saturated carbocycles. The van der Waals surface area contributed by atoms with Crippen LogP contribution >= 0.6 is 0 Å². The van der Waals surface area contributed by atoms with Crippen LogP contribution in [0, 0.1) is 0 Å². The molecule has 0 radical (unpaired) electrons. The van der Waals surface area contributed by atoms with E-state index >= 15 is 0 Å². The lowest BCUT2D eigenvalue weighted by Crippen LogP contribution is -2.57. The molecule has 1 unspecified atom stereocenters. The van der Waals surface area contributed by atoms with Crippen LogP contribution in [-0.2, 0) is 6.42 Å². The number of hydrogen-bond donors (Lipinski definition) is 3. The Morgan fingerprint density at radius 3 is 2.62 bits per heavy atom. The van der Waals surface area contributed by atoms with Gasteiger partial charge in [-0.2, -0.15) is 0 Å². The average molecular weight is 220 g/mol. The van der Waals surface area contributed by atoms with Crippen LogP contribution in [0.25, 0.3) is 0 Å². The van der Waals surface area contributed by atoms with Crippen molar-refractivity contribution in [1.82, 2.24) is 10.6 Å². The highest BCUT2D eigenvalue weighted by atomic mass is 16.3. The van der Waals surface area contributed by atoms with Gasteiger partial charge in [-0.1, -0.05) is 12.1 Å². The van der Waals surface area contributed by atoms with Crippen LogP contribution < -0.4 is 10.6 Å². The summed E-state index contributed by atoms with van der Waals surface area (Å²) in [7, 11) is 0. The van der Waals surface area contributed by atoms with Gasteiger partial charge < -0.3 is 15.7 Å². The van der Waals surface area contributed by atoms with Gasteiger partial charge in [-0.15, -0.1) is 0 Å². The SMILES string of the molecule is CC(CCc1ccc(O)cc1)NC1CNC1. The van der Waals surface area contributed by atoms with E-state index in [1.165, 1.54) is 5.56 Å². The lowest BCUT2D eigenvalue weighted by molar-refractivity contribution is 0.328. The minimum absolute atomic E-state index is 0.343. The first-order chi connectivity index (χ1) is 7.74. The Hall–Kier alpha value is -1.06. The molecule has 1 atom stereocenters. The van der Waals surface area contributed by atoms with E-state index in [0.717, 1.165) is 25.9 Å². The number of hydrogen-bond acceptors (Lipinski definition) is 3. The van der Waals surface area contributed by atoms with Gasteiger partial charge in [-0.3, -0.25) is 0 Å². The molecule has 1 aliphatic rings. The quantitative estimate of drug-likeness (QED) is 0.700. The summed E-state index contributed by atoms with van der Waals surface area (Å²) in [6.07, 6.45) is 2.20. The number of rotatable bonds is 5. The summed E-state index contributed by atoms with van der Waals surface area (Å²) >= 11 is 0. The number of nitrogens with one attached hydrogen (secondary N) is 2. The second-order valence-corrected chi connectivity index (χ2v) is 4.63. The standard InChI is InChI=1S/C13H20N2O/c1-10(15-12-8-14-9-12)2-3-11-4-6-13(16)7-5-11/h4-7,10,12,14-16H,2-3,8-9H2,1H3. The molecule has 2 rings (SSSR count). The maximum absolute atomic E-state index is 9.17. The molecule has 3 nitrogen and oxygen atoms in total. The minimum Gasteiger partial charge on any atom is -0.508 e. The first-order valence-corrected chi connectivity index (χ1v) is 5.99. The molecule has 0 spiro atoms. The Balaban J connectivity index is 1.71. The van der Waals surface area contributed by atoms with Gasteiger partial charge in [0.2, 0.25) is 0 Å². The molecule has 0 bridgehead atoms. The van der Waals surface area contributed by atoms with E-state index < -0.39 is 0 Å². The van der Waals surface area contributed by atoms with Crippen molar-refractivity contribution in [2.75, 3.05) is 13.1 Å². The van der Waals surface area contributed by atoms with Crippen molar-refractivity contribution in [2.45, 2.75) is 31.8 Å². The van der Waals surface area contributed by atoms with Crippen LogP contribution in [0.4, 0.5) is 0 Å². The molecule has 1 saturated heterocycles. The summed E-state index contributed by atoms with van der Waals surface area (Å²) in [5, 5.41) is 16.0. The fourth-order valence-corrected chi connectivity index (χ4v) is 1.94. The number of aromatic hydroxyl groups is 1. The van der Waals surface area contributed by atoms with Gasteiger partial charge >= 0.3 is 0 Å². The van der Waals surface area contributed by atoms with Crippen molar-refractivity contribution in [3.63, 3.8) is 0 Å². The molecule has 1 heterocycles. The van der Waals surface area contributed by atoms with Crippen LogP contribution in [0.5, 0.6) is 5.75 Å². The highest BCUT2D eigenvalue weighted by molar-refractivity contribution is 5.25. The molecule has 16 heavy (non-hydrogen) atoms. The summed E-state index contributed by atoms with van der Waals surface area (Å²) in [5.41, 5.74) is 1.29. The molecule has 1 fully saturated rings. The molecular formula is C13H20N2O. The molecular weight excluding hydrogens is 200 g/mol. The summed E-state index contributed by atoms with van der Waals surface area (Å²) in [6.45, 7) is 4.44. The van der Waals surface area contributed by atoms with E-state index in [1.807, 2.05) is 12.1 Å². The van der Waals surface area contributed by atoms with Crippen molar-refractivity contribution in [3.05, 3.63) is 29.8 Å². The van der Waals surface area contributed by atoms with E-state index in [1.54, 1.807) is 12.1 Å². The van der Waals surface area contributed by atoms with Crippen LogP contribution in [0.15, 0.2) is 24.3 Å². The maximum atomic E-state index is 9.17. The fourth-order valence-electron chi connectivity index (χ4n) is 1.94. The summed E-state index contributed by atoms with van der Waals surface area (Å²) in [6, 6.07) is 8.71. The largest absolute Gasteiger partial charge is 0.508 e. The number of phenols is 1. The van der Waals surface area contributed by atoms with Gasteiger partial charge in [0.25, 0.3) is 0 Å². The van der Waals surface area contributed by atoms with E-state index in [4.69, 9.17) is 0 Å². The molecule has 0 aliphatic carbocycles. The Kier molecular flexibility index (Phi) is 3.80. The average Bonchev–Trinajstić information content (AvgIpc) is 2.23. The zero-order valence-electron chi connectivity index (χ0n) is 9.74. The predicted octanol–water partition coefficient (Wildman–Crippen LogP) is 1.27. The Bertz CT molecular complexity index is 319. The molecule has 88 valence electrons. The van der Waals surface area contributed by atoms with Gasteiger partial charge in [0.05, 0.1) is 0 Å². The van der Waals surface area contributed by atoms with E-state index in [2.05, 4.69) is 17.6 Å². The van der Waals surface area contributed by atoms with Gasteiger partial charge in [0, 0.05) is 25.2 Å². The topological polar surface area (TPSA) is 44.3 Å². The van der Waals surface area contributed by atoms with Crippen LogP contribution in [0.1, 0.15) is 18.9 Å². The van der Waals surface area contributed by atoms with E-state index in [-0.39, 0.29) is 0 Å². The second-order valence-electron chi connectivity index (χ2n) is 4.63. The third kappa shape index (κ3) is 3.22. The van der Waals surface area contributed by atoms with Gasteiger partial charge in [-0.25, -0.2) is 0 Å². The summed E-state index contributed by atoms with van der Waals surface area (Å²) in [4.78, 5) is 0. The first-order valence-electron chi connectivity index (χ1n) is 5.99. The van der Waals surface area contributed by atoms with Crippen LogP contribution in [-0.4, -0.2) is 30.3 Å². The zero-order chi connectivity index (χ0) is 11.4. The number of phenolic OH excluding ortho intramolecular Hbond substituents is 1. The van der Waals surface area contributed by atoms with E-state index in [0.29, 0.717) is 17.8 Å². The second kappa shape index (κ2) is 5.32. The molecule has 1 aliphatic heterocycles. The van der Waals surface area contributed by atoms with Crippen molar-refractivity contribution < 1.29 is 5.11 Å². The van der Waals surface area contributed by atoms with Crippen molar-refractivity contribution in [2.24, 2.45) is 0 Å². The van der Waals surface area contributed by atoms with Crippen molar-refractivity contribution in [3.8, 4) is 5.75 Å². The normalized spacial score (nSPS) is 18.1. The Morgan fingerprint density at radius 2 is 2.06 bits per heavy atom. The third-order valence-corrected chi connectivity index (χ3v) is 3.10. The predicted molar refractivity (Wildman–Crippen MR) is 65.7 cm³/mol. The van der Waals surface area contributed by atoms with Gasteiger partial charge in [-0.05, 0) is 37.5 Å². The summed E-state index contributed by atoms with van der Waals surface area (Å²) in [5.74, 6) is 0.343. The summed E-state index contributed by atoms with van der Waals surface area (Å²) < 4.78 is 0. The molecule has 3 N–H and O–H groups in total. The highest BCUT2D eigenvalue weighted by Crippen LogP contribution is 2.12. The molecule has 0 aromatic heterocycles. The van der Waals surface area contributed by atoms with E-state index in [9.17, 15) is 5.11 Å². The Labute approximate surface area is 96.9 Å². The van der Waals surface area contributed by atoms with Gasteiger partial charge in [0.1, 0.15) is 5.75 Å². The Morgan fingerprint density at radius 1 is 1.38 bits per heavy atom. The molecule has 1 aromatic carbocycles. The smallest absolute Gasteiger partial charge is 0.115 e. The maximum Gasteiger partial charge on any atom is 0.115 e. The first kappa shape index (κ1) is 11.4. The van der Waals surface area contributed by atoms with Crippen LogP contribution in [0.3, 0.4) is 0 Å². The minimum atomic E-state index is 0.343. The highest BCUT2D eigenvalue weighted by Gasteiger charge is 2.17. The van der Waals surface area contributed by atoms with Gasteiger partial charge in [0.15, 0.2) is 0 Å². The van der Waals surface area contributed by atoms with Crippen molar-refractivity contribution >= 4 is 0 Å². The molecule has 0 amide bonds. The molecule has 1 aromatic rings. The number of aryl methyl sites for hydroxylation is 1. The third-order valence-electron chi connectivity index (χ3n) is 3.10. The van der Waals surface area contributed by atoms with Crippen LogP contribution in [0.2, 0.25) is 0 Å². The zero-order valence-corrected chi connectivity index (χ0v) is 9.74. The number of benzene rings is 1. The molecule has 3 heteroatoms. The van der Waals surface area contributed by atoms with Crippen molar-refractivity contribution in [1.29, 1.82) is 0 Å². The fraction of sp³-hybridized carbons (Fsp3) is 0.538. The monoisotopic (exact) mass is 220 g/mol. The lowest BCUT2D eigenvalue weighted by Gasteiger charge is -2.31.